The first-order chi connectivity index (χ1) is 15.6. The number of likely N-dealkylation sites (tertiary alicyclic amines) is 1. The normalized spacial score (nSPS) is 16.5. The minimum absolute atomic E-state index is 0.0668. The predicted octanol–water partition coefficient (Wildman–Crippen LogP) is 4.43. The first kappa shape index (κ1) is 22.2. The standard InChI is InChI=1S/C24H32N6O2/c1-4-8-21-26-15-19(24-17(2)18(3)28-32-24)23(27-21)20-9-5-6-13-30(20)22(31)10-7-12-29-14-11-25-16-29/h11,14-16,20H,4-10,12-13H2,1-3H3/t20-/m1/s1. The van der Waals surface area contributed by atoms with Gasteiger partial charge in [-0.2, -0.15) is 0 Å². The van der Waals surface area contributed by atoms with Crippen LogP contribution in [0.1, 0.15) is 74.3 Å². The summed E-state index contributed by atoms with van der Waals surface area (Å²) in [6, 6.07) is -0.0668. The van der Waals surface area contributed by atoms with E-state index in [4.69, 9.17) is 9.51 Å². The Kier molecular flexibility index (Phi) is 6.97. The molecule has 0 aliphatic carbocycles. The molecule has 1 amide bonds. The Hall–Kier alpha value is -3.03. The van der Waals surface area contributed by atoms with Gasteiger partial charge >= 0.3 is 0 Å². The summed E-state index contributed by atoms with van der Waals surface area (Å²) >= 11 is 0. The fourth-order valence-electron chi connectivity index (χ4n) is 4.36. The third kappa shape index (κ3) is 4.74. The Morgan fingerprint density at radius 2 is 2.16 bits per heavy atom. The molecule has 0 bridgehead atoms. The van der Waals surface area contributed by atoms with Crippen LogP contribution < -0.4 is 0 Å². The summed E-state index contributed by atoms with van der Waals surface area (Å²) in [6.45, 7) is 7.61. The number of carbonyl (C=O) groups excluding carboxylic acids is 1. The average Bonchev–Trinajstić information content (AvgIpc) is 3.44. The summed E-state index contributed by atoms with van der Waals surface area (Å²) in [5.41, 5.74) is 3.60. The molecule has 1 aliphatic heterocycles. The smallest absolute Gasteiger partial charge is 0.223 e. The van der Waals surface area contributed by atoms with Crippen LogP contribution in [0.3, 0.4) is 0 Å². The quantitative estimate of drug-likeness (QED) is 0.519. The topological polar surface area (TPSA) is 89.9 Å². The highest BCUT2D eigenvalue weighted by atomic mass is 16.5. The molecule has 1 saturated heterocycles. The van der Waals surface area contributed by atoms with Gasteiger partial charge in [0.15, 0.2) is 5.76 Å². The van der Waals surface area contributed by atoms with Gasteiger partial charge in [-0.15, -0.1) is 0 Å². The number of aromatic nitrogens is 5. The molecule has 1 aliphatic rings. The molecule has 0 unspecified atom stereocenters. The Labute approximate surface area is 189 Å². The van der Waals surface area contributed by atoms with Crippen LogP contribution in [0.2, 0.25) is 0 Å². The minimum atomic E-state index is -0.0668. The molecule has 0 N–H and O–H groups in total. The molecule has 8 heteroatoms. The maximum absolute atomic E-state index is 13.3. The molecule has 4 rings (SSSR count). The van der Waals surface area contributed by atoms with Crippen LogP contribution >= 0.6 is 0 Å². The molecule has 0 radical (unpaired) electrons. The molecule has 0 aromatic carbocycles. The number of amides is 1. The van der Waals surface area contributed by atoms with E-state index in [1.165, 1.54) is 0 Å². The monoisotopic (exact) mass is 436 g/mol. The van der Waals surface area contributed by atoms with Gasteiger partial charge in [0.2, 0.25) is 5.91 Å². The van der Waals surface area contributed by atoms with E-state index < -0.39 is 0 Å². The fourth-order valence-corrected chi connectivity index (χ4v) is 4.36. The van der Waals surface area contributed by atoms with Crippen molar-refractivity contribution >= 4 is 5.91 Å². The summed E-state index contributed by atoms with van der Waals surface area (Å²) in [5, 5.41) is 4.14. The molecule has 170 valence electrons. The molecule has 0 spiro atoms. The molecule has 0 saturated carbocycles. The molecule has 3 aromatic heterocycles. The van der Waals surface area contributed by atoms with Crippen molar-refractivity contribution in [1.29, 1.82) is 0 Å². The van der Waals surface area contributed by atoms with Gasteiger partial charge in [-0.1, -0.05) is 12.1 Å². The van der Waals surface area contributed by atoms with Crippen molar-refractivity contribution in [2.24, 2.45) is 0 Å². The number of aryl methyl sites for hydroxylation is 3. The second-order valence-corrected chi connectivity index (χ2v) is 8.56. The highest BCUT2D eigenvalue weighted by Crippen LogP contribution is 2.37. The van der Waals surface area contributed by atoms with Crippen LogP contribution in [-0.2, 0) is 17.8 Å². The van der Waals surface area contributed by atoms with E-state index in [2.05, 4.69) is 22.0 Å². The number of piperidine rings is 1. The predicted molar refractivity (Wildman–Crippen MR) is 121 cm³/mol. The summed E-state index contributed by atoms with van der Waals surface area (Å²) in [7, 11) is 0. The number of hydrogen-bond donors (Lipinski definition) is 0. The van der Waals surface area contributed by atoms with Crippen molar-refractivity contribution < 1.29 is 9.32 Å². The minimum Gasteiger partial charge on any atom is -0.356 e. The lowest BCUT2D eigenvalue weighted by Gasteiger charge is -2.36. The van der Waals surface area contributed by atoms with E-state index in [1.807, 2.05) is 35.7 Å². The Morgan fingerprint density at radius 3 is 2.88 bits per heavy atom. The Bertz CT molecular complexity index is 1040. The molecular formula is C24H32N6O2. The van der Waals surface area contributed by atoms with Gasteiger partial charge in [0.1, 0.15) is 5.82 Å². The van der Waals surface area contributed by atoms with Gasteiger partial charge in [0, 0.05) is 50.1 Å². The maximum Gasteiger partial charge on any atom is 0.223 e. The molecule has 1 atom stereocenters. The van der Waals surface area contributed by atoms with Crippen molar-refractivity contribution in [2.75, 3.05) is 6.54 Å². The van der Waals surface area contributed by atoms with Crippen LogP contribution in [0, 0.1) is 13.8 Å². The average molecular weight is 437 g/mol. The highest BCUT2D eigenvalue weighted by molar-refractivity contribution is 5.77. The summed E-state index contributed by atoms with van der Waals surface area (Å²) in [6.07, 6.45) is 13.4. The zero-order valence-corrected chi connectivity index (χ0v) is 19.3. The lowest BCUT2D eigenvalue weighted by Crippen LogP contribution is -2.39. The third-order valence-electron chi connectivity index (χ3n) is 6.25. The Morgan fingerprint density at radius 1 is 1.28 bits per heavy atom. The van der Waals surface area contributed by atoms with Crippen LogP contribution in [0.4, 0.5) is 0 Å². The van der Waals surface area contributed by atoms with Crippen molar-refractivity contribution in [2.45, 2.75) is 78.3 Å². The van der Waals surface area contributed by atoms with E-state index in [-0.39, 0.29) is 11.9 Å². The van der Waals surface area contributed by atoms with Crippen LogP contribution in [0.5, 0.6) is 0 Å². The first-order valence-corrected chi connectivity index (χ1v) is 11.6. The summed E-state index contributed by atoms with van der Waals surface area (Å²) in [5.74, 6) is 1.71. The second-order valence-electron chi connectivity index (χ2n) is 8.56. The van der Waals surface area contributed by atoms with Gasteiger partial charge in [0.25, 0.3) is 0 Å². The van der Waals surface area contributed by atoms with Crippen molar-refractivity contribution in [1.82, 2.24) is 29.6 Å². The number of carbonyl (C=O) groups is 1. The first-order valence-electron chi connectivity index (χ1n) is 11.6. The van der Waals surface area contributed by atoms with Gasteiger partial charge in [-0.25, -0.2) is 15.0 Å². The molecule has 4 heterocycles. The fraction of sp³-hybridized carbons (Fsp3) is 0.542. The molecule has 32 heavy (non-hydrogen) atoms. The SMILES string of the molecule is CCCc1ncc(-c2onc(C)c2C)c([C@H]2CCCCN2C(=O)CCCn2ccnc2)n1. The van der Waals surface area contributed by atoms with Gasteiger partial charge < -0.3 is 14.0 Å². The van der Waals surface area contributed by atoms with Crippen molar-refractivity contribution in [3.05, 3.63) is 47.7 Å². The van der Waals surface area contributed by atoms with Crippen LogP contribution in [-0.4, -0.2) is 42.0 Å². The lowest BCUT2D eigenvalue weighted by molar-refractivity contribution is -0.135. The number of hydrogen-bond acceptors (Lipinski definition) is 6. The zero-order chi connectivity index (χ0) is 22.5. The van der Waals surface area contributed by atoms with Crippen molar-refractivity contribution in [3.63, 3.8) is 0 Å². The molecule has 3 aromatic rings. The summed E-state index contributed by atoms with van der Waals surface area (Å²) < 4.78 is 7.68. The maximum atomic E-state index is 13.3. The van der Waals surface area contributed by atoms with E-state index >= 15 is 0 Å². The van der Waals surface area contributed by atoms with Crippen LogP contribution in [0.15, 0.2) is 29.4 Å². The zero-order valence-electron chi connectivity index (χ0n) is 19.3. The summed E-state index contributed by atoms with van der Waals surface area (Å²) in [4.78, 5) is 28.9. The second kappa shape index (κ2) is 10.1. The Balaban J connectivity index is 1.61. The van der Waals surface area contributed by atoms with Crippen LogP contribution in [0.25, 0.3) is 11.3 Å². The largest absolute Gasteiger partial charge is 0.356 e. The highest BCUT2D eigenvalue weighted by Gasteiger charge is 2.32. The van der Waals surface area contributed by atoms with Gasteiger partial charge in [-0.05, 0) is 46.0 Å². The van der Waals surface area contributed by atoms with E-state index in [0.29, 0.717) is 12.2 Å². The number of nitrogens with zero attached hydrogens (tertiary/aromatic N) is 6. The van der Waals surface area contributed by atoms with Crippen molar-refractivity contribution in [3.8, 4) is 11.3 Å². The number of rotatable bonds is 8. The van der Waals surface area contributed by atoms with E-state index in [1.54, 1.807) is 12.5 Å². The number of imidazole rings is 1. The van der Waals surface area contributed by atoms with E-state index in [9.17, 15) is 4.79 Å². The third-order valence-corrected chi connectivity index (χ3v) is 6.25. The molecule has 8 nitrogen and oxygen atoms in total. The molecular weight excluding hydrogens is 404 g/mol. The van der Waals surface area contributed by atoms with Gasteiger partial charge in [-0.3, -0.25) is 4.79 Å². The lowest BCUT2D eigenvalue weighted by atomic mass is 9.94. The van der Waals surface area contributed by atoms with E-state index in [0.717, 1.165) is 80.0 Å². The molecule has 1 fully saturated rings. The van der Waals surface area contributed by atoms with Gasteiger partial charge in [0.05, 0.1) is 29.3 Å².